The molecule has 7 heteroatoms. The fourth-order valence-electron chi connectivity index (χ4n) is 3.32. The lowest BCUT2D eigenvalue weighted by molar-refractivity contribution is -0.137. The molecule has 1 heterocycles. The SMILES string of the molecule is CCC(=O)Nc1cc(C(F)(F)F)ccc1N1CCN(Cc2ccccc2)CC1. The highest BCUT2D eigenvalue weighted by Gasteiger charge is 2.32. The maximum atomic E-state index is 13.1. The predicted octanol–water partition coefficient (Wildman–Crippen LogP) is 4.38. The van der Waals surface area contributed by atoms with Crippen LogP contribution in [0.4, 0.5) is 24.5 Å². The van der Waals surface area contributed by atoms with E-state index in [0.717, 1.165) is 31.8 Å². The summed E-state index contributed by atoms with van der Waals surface area (Å²) in [6.07, 6.45) is -4.24. The van der Waals surface area contributed by atoms with Crippen LogP contribution in [0.3, 0.4) is 0 Å². The molecule has 4 nitrogen and oxygen atoms in total. The number of amides is 1. The van der Waals surface area contributed by atoms with Crippen molar-refractivity contribution >= 4 is 17.3 Å². The molecule has 1 saturated heterocycles. The largest absolute Gasteiger partial charge is 0.416 e. The molecule has 0 radical (unpaired) electrons. The lowest BCUT2D eigenvalue weighted by Crippen LogP contribution is -2.46. The van der Waals surface area contributed by atoms with Crippen molar-refractivity contribution in [3.05, 3.63) is 59.7 Å². The summed E-state index contributed by atoms with van der Waals surface area (Å²) < 4.78 is 39.3. The first-order valence-corrected chi connectivity index (χ1v) is 9.39. The number of nitrogens with zero attached hydrogens (tertiary/aromatic N) is 2. The molecule has 1 fully saturated rings. The van der Waals surface area contributed by atoms with Crippen molar-refractivity contribution in [1.29, 1.82) is 0 Å². The first-order valence-electron chi connectivity index (χ1n) is 9.39. The van der Waals surface area contributed by atoms with Gasteiger partial charge in [-0.25, -0.2) is 0 Å². The number of anilines is 2. The van der Waals surface area contributed by atoms with Gasteiger partial charge < -0.3 is 10.2 Å². The molecule has 150 valence electrons. The van der Waals surface area contributed by atoms with Gasteiger partial charge in [0.1, 0.15) is 0 Å². The molecular formula is C21H24F3N3O. The Morgan fingerprint density at radius 1 is 1.04 bits per heavy atom. The molecule has 2 aromatic rings. The van der Waals surface area contributed by atoms with E-state index in [4.69, 9.17) is 0 Å². The minimum absolute atomic E-state index is 0.209. The van der Waals surface area contributed by atoms with Crippen molar-refractivity contribution < 1.29 is 18.0 Å². The van der Waals surface area contributed by atoms with Crippen LogP contribution in [0.2, 0.25) is 0 Å². The van der Waals surface area contributed by atoms with E-state index in [1.807, 2.05) is 23.1 Å². The third-order valence-electron chi connectivity index (χ3n) is 4.88. The molecule has 0 unspecified atom stereocenters. The van der Waals surface area contributed by atoms with Crippen LogP contribution in [0, 0.1) is 0 Å². The minimum Gasteiger partial charge on any atom is -0.367 e. The Morgan fingerprint density at radius 2 is 1.71 bits per heavy atom. The number of carbonyl (C=O) groups is 1. The molecule has 2 aromatic carbocycles. The van der Waals surface area contributed by atoms with Crippen molar-refractivity contribution in [2.75, 3.05) is 36.4 Å². The van der Waals surface area contributed by atoms with Gasteiger partial charge in [-0.15, -0.1) is 0 Å². The first kappa shape index (κ1) is 20.2. The summed E-state index contributed by atoms with van der Waals surface area (Å²) >= 11 is 0. The zero-order chi connectivity index (χ0) is 20.1. The molecule has 1 N–H and O–H groups in total. The zero-order valence-corrected chi connectivity index (χ0v) is 15.8. The van der Waals surface area contributed by atoms with Gasteiger partial charge in [-0.1, -0.05) is 37.3 Å². The summed E-state index contributed by atoms with van der Waals surface area (Å²) in [5.74, 6) is -0.303. The Balaban J connectivity index is 1.73. The quantitative estimate of drug-likeness (QED) is 0.822. The topological polar surface area (TPSA) is 35.6 Å². The number of alkyl halides is 3. The van der Waals surface area contributed by atoms with E-state index >= 15 is 0 Å². The van der Waals surface area contributed by atoms with Gasteiger partial charge in [-0.3, -0.25) is 9.69 Å². The minimum atomic E-state index is -4.45. The number of halogens is 3. The Labute approximate surface area is 162 Å². The average Bonchev–Trinajstić information content (AvgIpc) is 2.68. The van der Waals surface area contributed by atoms with Crippen molar-refractivity contribution in [3.8, 4) is 0 Å². The van der Waals surface area contributed by atoms with E-state index in [9.17, 15) is 18.0 Å². The van der Waals surface area contributed by atoms with Gasteiger partial charge in [0.25, 0.3) is 0 Å². The number of nitrogens with one attached hydrogen (secondary N) is 1. The fourth-order valence-corrected chi connectivity index (χ4v) is 3.32. The predicted molar refractivity (Wildman–Crippen MR) is 104 cm³/mol. The van der Waals surface area contributed by atoms with Gasteiger partial charge >= 0.3 is 6.18 Å². The third-order valence-corrected chi connectivity index (χ3v) is 4.88. The van der Waals surface area contributed by atoms with Gasteiger partial charge in [0, 0.05) is 39.1 Å². The summed E-state index contributed by atoms with van der Waals surface area (Å²) in [4.78, 5) is 16.2. The molecule has 1 aliphatic heterocycles. The van der Waals surface area contributed by atoms with Crippen molar-refractivity contribution in [1.82, 2.24) is 4.90 Å². The molecular weight excluding hydrogens is 367 g/mol. The van der Waals surface area contributed by atoms with E-state index < -0.39 is 11.7 Å². The second kappa shape index (κ2) is 8.65. The van der Waals surface area contributed by atoms with Gasteiger partial charge in [0.15, 0.2) is 0 Å². The van der Waals surface area contributed by atoms with Crippen LogP contribution in [0.5, 0.6) is 0 Å². The number of piperazine rings is 1. The summed E-state index contributed by atoms with van der Waals surface area (Å²) in [6.45, 7) is 5.50. The Hall–Kier alpha value is -2.54. The summed E-state index contributed by atoms with van der Waals surface area (Å²) in [6, 6.07) is 13.7. The molecule has 0 aliphatic carbocycles. The molecule has 1 aliphatic rings. The standard InChI is InChI=1S/C21H24F3N3O/c1-2-20(28)25-18-14-17(21(22,23)24)8-9-19(18)27-12-10-26(11-13-27)15-16-6-4-3-5-7-16/h3-9,14H,2,10-13,15H2,1H3,(H,25,28). The summed E-state index contributed by atoms with van der Waals surface area (Å²) in [7, 11) is 0. The van der Waals surface area contributed by atoms with Gasteiger partial charge in [0.2, 0.25) is 5.91 Å². The van der Waals surface area contributed by atoms with Crippen LogP contribution >= 0.6 is 0 Å². The van der Waals surface area contributed by atoms with Gasteiger partial charge in [-0.05, 0) is 23.8 Å². The van der Waals surface area contributed by atoms with Crippen LogP contribution in [-0.4, -0.2) is 37.0 Å². The molecule has 0 bridgehead atoms. The van der Waals surface area contributed by atoms with E-state index in [1.54, 1.807) is 6.92 Å². The lowest BCUT2D eigenvalue weighted by Gasteiger charge is -2.37. The zero-order valence-electron chi connectivity index (χ0n) is 15.8. The number of rotatable bonds is 5. The number of carbonyl (C=O) groups excluding carboxylic acids is 1. The van der Waals surface area contributed by atoms with Crippen molar-refractivity contribution in [2.45, 2.75) is 26.1 Å². The van der Waals surface area contributed by atoms with Gasteiger partial charge in [-0.2, -0.15) is 13.2 Å². The summed E-state index contributed by atoms with van der Waals surface area (Å²) in [5, 5.41) is 2.63. The van der Waals surface area contributed by atoms with Crippen LogP contribution in [0.15, 0.2) is 48.5 Å². The fraction of sp³-hybridized carbons (Fsp3) is 0.381. The van der Waals surface area contributed by atoms with E-state index in [1.165, 1.54) is 11.6 Å². The van der Waals surface area contributed by atoms with E-state index in [2.05, 4.69) is 22.3 Å². The van der Waals surface area contributed by atoms with E-state index in [0.29, 0.717) is 18.8 Å². The molecule has 28 heavy (non-hydrogen) atoms. The highest BCUT2D eigenvalue weighted by Crippen LogP contribution is 2.36. The number of hydrogen-bond donors (Lipinski definition) is 1. The molecule has 3 rings (SSSR count). The van der Waals surface area contributed by atoms with Crippen molar-refractivity contribution in [2.24, 2.45) is 0 Å². The van der Waals surface area contributed by atoms with Crippen LogP contribution < -0.4 is 10.2 Å². The van der Waals surface area contributed by atoms with Crippen LogP contribution in [0.25, 0.3) is 0 Å². The molecule has 0 saturated carbocycles. The third kappa shape index (κ3) is 5.04. The van der Waals surface area contributed by atoms with Crippen LogP contribution in [-0.2, 0) is 17.5 Å². The second-order valence-corrected chi connectivity index (χ2v) is 6.88. The Bertz CT molecular complexity index is 800. The van der Waals surface area contributed by atoms with Gasteiger partial charge in [0.05, 0.1) is 16.9 Å². The maximum absolute atomic E-state index is 13.1. The highest BCUT2D eigenvalue weighted by atomic mass is 19.4. The second-order valence-electron chi connectivity index (χ2n) is 6.88. The molecule has 0 atom stereocenters. The lowest BCUT2D eigenvalue weighted by atomic mass is 10.1. The Kier molecular flexibility index (Phi) is 6.24. The molecule has 0 spiro atoms. The number of hydrogen-bond acceptors (Lipinski definition) is 3. The smallest absolute Gasteiger partial charge is 0.367 e. The Morgan fingerprint density at radius 3 is 2.32 bits per heavy atom. The first-order chi connectivity index (χ1) is 13.4. The maximum Gasteiger partial charge on any atom is 0.416 e. The van der Waals surface area contributed by atoms with E-state index in [-0.39, 0.29) is 18.0 Å². The highest BCUT2D eigenvalue weighted by molar-refractivity contribution is 5.94. The average molecular weight is 391 g/mol. The molecule has 1 amide bonds. The monoisotopic (exact) mass is 391 g/mol. The van der Waals surface area contributed by atoms with Crippen molar-refractivity contribution in [3.63, 3.8) is 0 Å². The number of benzene rings is 2. The normalized spacial score (nSPS) is 15.5. The molecule has 0 aromatic heterocycles. The van der Waals surface area contributed by atoms with Crippen LogP contribution in [0.1, 0.15) is 24.5 Å². The summed E-state index contributed by atoms with van der Waals surface area (Å²) in [5.41, 5.74) is 1.33.